The minimum atomic E-state index is 0.990. The predicted octanol–water partition coefficient (Wildman–Crippen LogP) is 3.91. The lowest BCUT2D eigenvalue weighted by Gasteiger charge is -1.95. The van der Waals surface area contributed by atoms with Gasteiger partial charge in [0.1, 0.15) is 0 Å². The van der Waals surface area contributed by atoms with Crippen LogP contribution in [0.25, 0.3) is 9.75 Å². The fourth-order valence-electron chi connectivity index (χ4n) is 1.16. The third-order valence-electron chi connectivity index (χ3n) is 1.72. The molecule has 2 aromatic heterocycles. The van der Waals surface area contributed by atoms with E-state index in [1.54, 1.807) is 11.3 Å². The SMILES string of the molecule is CCNc1ccc(-c2cccs2)s1. The molecule has 1 nitrogen and oxygen atoms in total. The lowest BCUT2D eigenvalue weighted by molar-refractivity contribution is 1.23. The van der Waals surface area contributed by atoms with Crippen molar-refractivity contribution in [2.45, 2.75) is 6.92 Å². The number of anilines is 1. The fraction of sp³-hybridized carbons (Fsp3) is 0.200. The van der Waals surface area contributed by atoms with Gasteiger partial charge in [0.05, 0.1) is 5.00 Å². The molecule has 0 bridgehead atoms. The van der Waals surface area contributed by atoms with Gasteiger partial charge in [-0.05, 0) is 30.5 Å². The van der Waals surface area contributed by atoms with E-state index in [9.17, 15) is 0 Å². The summed E-state index contributed by atoms with van der Waals surface area (Å²) in [6.45, 7) is 3.11. The third-order valence-corrected chi connectivity index (χ3v) is 3.83. The van der Waals surface area contributed by atoms with Gasteiger partial charge in [0.2, 0.25) is 0 Å². The van der Waals surface area contributed by atoms with Gasteiger partial charge >= 0.3 is 0 Å². The van der Waals surface area contributed by atoms with E-state index in [-0.39, 0.29) is 0 Å². The normalized spacial score (nSPS) is 10.2. The molecule has 0 saturated heterocycles. The van der Waals surface area contributed by atoms with Crippen LogP contribution in [0.2, 0.25) is 0 Å². The third kappa shape index (κ3) is 1.92. The Hall–Kier alpha value is -0.800. The van der Waals surface area contributed by atoms with Crippen LogP contribution in [0.4, 0.5) is 5.00 Å². The molecule has 0 radical (unpaired) electrons. The molecule has 0 aliphatic carbocycles. The molecular weight excluding hydrogens is 198 g/mol. The molecule has 0 aromatic carbocycles. The van der Waals surface area contributed by atoms with Gasteiger partial charge in [-0.2, -0.15) is 0 Å². The summed E-state index contributed by atoms with van der Waals surface area (Å²) in [7, 11) is 0. The number of nitrogens with one attached hydrogen (secondary N) is 1. The van der Waals surface area contributed by atoms with Crippen molar-refractivity contribution in [2.75, 3.05) is 11.9 Å². The van der Waals surface area contributed by atoms with Crippen LogP contribution in [0.1, 0.15) is 6.92 Å². The first-order valence-corrected chi connectivity index (χ1v) is 5.97. The molecule has 13 heavy (non-hydrogen) atoms. The summed E-state index contributed by atoms with van der Waals surface area (Å²) >= 11 is 3.60. The Morgan fingerprint density at radius 3 is 2.85 bits per heavy atom. The monoisotopic (exact) mass is 209 g/mol. The predicted molar refractivity (Wildman–Crippen MR) is 61.8 cm³/mol. The molecule has 3 heteroatoms. The van der Waals surface area contributed by atoms with Gasteiger partial charge in [-0.1, -0.05) is 6.07 Å². The summed E-state index contributed by atoms with van der Waals surface area (Å²) in [4.78, 5) is 2.71. The largest absolute Gasteiger partial charge is 0.377 e. The van der Waals surface area contributed by atoms with Crippen molar-refractivity contribution in [1.82, 2.24) is 0 Å². The van der Waals surface area contributed by atoms with E-state index < -0.39 is 0 Å². The standard InChI is InChI=1S/C10H11NS2/c1-2-11-10-6-5-9(13-10)8-4-3-7-12-8/h3-7,11H,2H2,1H3. The van der Waals surface area contributed by atoms with Crippen LogP contribution >= 0.6 is 22.7 Å². The van der Waals surface area contributed by atoms with E-state index in [4.69, 9.17) is 0 Å². The molecule has 0 saturated carbocycles. The number of hydrogen-bond acceptors (Lipinski definition) is 3. The highest BCUT2D eigenvalue weighted by atomic mass is 32.1. The van der Waals surface area contributed by atoms with Crippen molar-refractivity contribution in [3.8, 4) is 9.75 Å². The van der Waals surface area contributed by atoms with Crippen LogP contribution in [0.15, 0.2) is 29.6 Å². The molecule has 2 heterocycles. The number of thiophene rings is 2. The first kappa shape index (κ1) is 8.78. The van der Waals surface area contributed by atoms with Crippen molar-refractivity contribution in [1.29, 1.82) is 0 Å². The summed E-state index contributed by atoms with van der Waals surface area (Å²) in [5.74, 6) is 0. The molecule has 0 atom stereocenters. The van der Waals surface area contributed by atoms with Crippen molar-refractivity contribution in [3.05, 3.63) is 29.6 Å². The summed E-state index contributed by atoms with van der Waals surface area (Å²) in [6, 6.07) is 8.57. The van der Waals surface area contributed by atoms with Crippen LogP contribution in [0.5, 0.6) is 0 Å². The van der Waals surface area contributed by atoms with Crippen LogP contribution in [0, 0.1) is 0 Å². The van der Waals surface area contributed by atoms with Gasteiger partial charge in [-0.3, -0.25) is 0 Å². The summed E-state index contributed by atoms with van der Waals surface area (Å²) in [5, 5.41) is 6.68. The van der Waals surface area contributed by atoms with Crippen LogP contribution in [0.3, 0.4) is 0 Å². The highest BCUT2D eigenvalue weighted by Crippen LogP contribution is 2.33. The lowest BCUT2D eigenvalue weighted by Crippen LogP contribution is -1.91. The Morgan fingerprint density at radius 1 is 1.23 bits per heavy atom. The van der Waals surface area contributed by atoms with E-state index in [1.165, 1.54) is 14.8 Å². The molecule has 2 rings (SSSR count). The van der Waals surface area contributed by atoms with Gasteiger partial charge < -0.3 is 5.32 Å². The zero-order valence-electron chi connectivity index (χ0n) is 7.41. The maximum absolute atomic E-state index is 3.31. The molecule has 0 aliphatic rings. The summed E-state index contributed by atoms with van der Waals surface area (Å²) < 4.78 is 0. The summed E-state index contributed by atoms with van der Waals surface area (Å²) in [5.41, 5.74) is 0. The lowest BCUT2D eigenvalue weighted by atomic mass is 10.4. The van der Waals surface area contributed by atoms with Crippen LogP contribution < -0.4 is 5.32 Å². The maximum atomic E-state index is 3.31. The van der Waals surface area contributed by atoms with Crippen molar-refractivity contribution in [3.63, 3.8) is 0 Å². The van der Waals surface area contributed by atoms with E-state index in [0.29, 0.717) is 0 Å². The average molecular weight is 209 g/mol. The zero-order valence-corrected chi connectivity index (χ0v) is 9.04. The van der Waals surface area contributed by atoms with Gasteiger partial charge in [-0.25, -0.2) is 0 Å². The van der Waals surface area contributed by atoms with E-state index in [0.717, 1.165) is 6.54 Å². The van der Waals surface area contributed by atoms with Gasteiger partial charge in [0.25, 0.3) is 0 Å². The Balaban J connectivity index is 2.23. The summed E-state index contributed by atoms with van der Waals surface area (Å²) in [6.07, 6.45) is 0. The van der Waals surface area contributed by atoms with Gasteiger partial charge in [0.15, 0.2) is 0 Å². The minimum Gasteiger partial charge on any atom is -0.377 e. The molecule has 68 valence electrons. The number of rotatable bonds is 3. The molecule has 2 aromatic rings. The Kier molecular flexibility index (Phi) is 2.66. The minimum absolute atomic E-state index is 0.990. The second-order valence-corrected chi connectivity index (χ2v) is 4.70. The molecule has 0 unspecified atom stereocenters. The molecule has 0 fully saturated rings. The van der Waals surface area contributed by atoms with Crippen LogP contribution in [-0.2, 0) is 0 Å². The zero-order chi connectivity index (χ0) is 9.10. The smallest absolute Gasteiger partial charge is 0.0889 e. The Labute approximate surface area is 86.0 Å². The Morgan fingerprint density at radius 2 is 2.15 bits per heavy atom. The van der Waals surface area contributed by atoms with Gasteiger partial charge in [0, 0.05) is 16.3 Å². The Bertz CT molecular complexity index is 362. The second kappa shape index (κ2) is 3.94. The van der Waals surface area contributed by atoms with E-state index in [1.807, 2.05) is 11.3 Å². The highest BCUT2D eigenvalue weighted by molar-refractivity contribution is 7.23. The molecule has 1 N–H and O–H groups in total. The van der Waals surface area contributed by atoms with Crippen LogP contribution in [-0.4, -0.2) is 6.54 Å². The molecular formula is C10H11NS2. The van der Waals surface area contributed by atoms with E-state index >= 15 is 0 Å². The molecule has 0 amide bonds. The first-order chi connectivity index (χ1) is 6.40. The van der Waals surface area contributed by atoms with E-state index in [2.05, 4.69) is 41.9 Å². The van der Waals surface area contributed by atoms with Crippen molar-refractivity contribution in [2.24, 2.45) is 0 Å². The average Bonchev–Trinajstić information content (AvgIpc) is 2.70. The maximum Gasteiger partial charge on any atom is 0.0889 e. The quantitative estimate of drug-likeness (QED) is 0.808. The highest BCUT2D eigenvalue weighted by Gasteiger charge is 2.01. The fourth-order valence-corrected chi connectivity index (χ4v) is 2.97. The first-order valence-electron chi connectivity index (χ1n) is 4.27. The van der Waals surface area contributed by atoms with Crippen molar-refractivity contribution >= 4 is 27.7 Å². The van der Waals surface area contributed by atoms with Crippen molar-refractivity contribution < 1.29 is 0 Å². The molecule has 0 spiro atoms. The topological polar surface area (TPSA) is 12.0 Å². The van der Waals surface area contributed by atoms with Gasteiger partial charge in [-0.15, -0.1) is 22.7 Å². The second-order valence-electron chi connectivity index (χ2n) is 2.67. The number of hydrogen-bond donors (Lipinski definition) is 1. The molecule has 0 aliphatic heterocycles.